The molecule has 1 aliphatic heterocycles. The first-order valence-corrected chi connectivity index (χ1v) is 7.03. The number of rotatable bonds is 3. The van der Waals surface area contributed by atoms with Crippen molar-refractivity contribution in [1.82, 2.24) is 10.3 Å². The lowest BCUT2D eigenvalue weighted by molar-refractivity contribution is -0.126. The van der Waals surface area contributed by atoms with Crippen LogP contribution in [0.3, 0.4) is 0 Å². The molecule has 1 aromatic rings. The average molecular weight is 261 g/mol. The van der Waals surface area contributed by atoms with Gasteiger partial charge in [0.2, 0.25) is 5.91 Å². The fourth-order valence-corrected chi connectivity index (χ4v) is 2.78. The Kier molecular flexibility index (Phi) is 4.20. The van der Waals surface area contributed by atoms with E-state index in [1.807, 2.05) is 26.0 Å². The van der Waals surface area contributed by atoms with Crippen LogP contribution in [0.1, 0.15) is 37.4 Å². The second-order valence-electron chi connectivity index (χ2n) is 5.54. The molecule has 0 radical (unpaired) electrons. The van der Waals surface area contributed by atoms with E-state index in [0.717, 1.165) is 43.6 Å². The smallest absolute Gasteiger partial charge is 0.233 e. The third-order valence-corrected chi connectivity index (χ3v) is 3.97. The Hall–Kier alpha value is -1.42. The van der Waals surface area contributed by atoms with E-state index in [0.29, 0.717) is 5.82 Å². The number of carbonyl (C=O) groups excluding carboxylic acids is 1. The molecule has 1 amide bonds. The predicted molar refractivity (Wildman–Crippen MR) is 77.2 cm³/mol. The SMILES string of the molecule is CCC1(C(=O)Nc2cc(C)cc(C)n2)CCCNC1. The zero-order chi connectivity index (χ0) is 13.9. The van der Waals surface area contributed by atoms with Crippen molar-refractivity contribution in [2.75, 3.05) is 18.4 Å². The number of piperidine rings is 1. The zero-order valence-corrected chi connectivity index (χ0v) is 12.0. The Labute approximate surface area is 115 Å². The van der Waals surface area contributed by atoms with E-state index in [4.69, 9.17) is 0 Å². The highest BCUT2D eigenvalue weighted by Gasteiger charge is 2.37. The largest absolute Gasteiger partial charge is 0.316 e. The van der Waals surface area contributed by atoms with Crippen LogP contribution in [0.5, 0.6) is 0 Å². The maximum absolute atomic E-state index is 12.6. The van der Waals surface area contributed by atoms with Crippen molar-refractivity contribution < 1.29 is 4.79 Å². The number of aryl methyl sites for hydroxylation is 2. The monoisotopic (exact) mass is 261 g/mol. The first kappa shape index (κ1) is 14.0. The number of nitrogens with one attached hydrogen (secondary N) is 2. The van der Waals surface area contributed by atoms with Crippen LogP contribution in [0.15, 0.2) is 12.1 Å². The predicted octanol–water partition coefficient (Wildman–Crippen LogP) is 2.42. The Morgan fingerprint density at radius 1 is 1.47 bits per heavy atom. The summed E-state index contributed by atoms with van der Waals surface area (Å²) in [7, 11) is 0. The maximum Gasteiger partial charge on any atom is 0.233 e. The first-order valence-electron chi connectivity index (χ1n) is 7.03. The van der Waals surface area contributed by atoms with Gasteiger partial charge >= 0.3 is 0 Å². The van der Waals surface area contributed by atoms with Gasteiger partial charge in [0.1, 0.15) is 5.82 Å². The van der Waals surface area contributed by atoms with Gasteiger partial charge < -0.3 is 10.6 Å². The van der Waals surface area contributed by atoms with E-state index >= 15 is 0 Å². The molecule has 1 aliphatic rings. The van der Waals surface area contributed by atoms with Crippen LogP contribution < -0.4 is 10.6 Å². The van der Waals surface area contributed by atoms with Crippen molar-refractivity contribution in [2.45, 2.75) is 40.0 Å². The molecule has 1 aromatic heterocycles. The molecule has 1 unspecified atom stereocenters. The van der Waals surface area contributed by atoms with Crippen molar-refractivity contribution in [3.05, 3.63) is 23.4 Å². The number of pyridine rings is 1. The van der Waals surface area contributed by atoms with Crippen LogP contribution in [0.25, 0.3) is 0 Å². The van der Waals surface area contributed by atoms with Gasteiger partial charge in [-0.1, -0.05) is 6.92 Å². The molecule has 1 saturated heterocycles. The zero-order valence-electron chi connectivity index (χ0n) is 12.0. The number of aromatic nitrogens is 1. The van der Waals surface area contributed by atoms with Gasteiger partial charge in [-0.15, -0.1) is 0 Å². The third kappa shape index (κ3) is 3.13. The van der Waals surface area contributed by atoms with Crippen molar-refractivity contribution in [1.29, 1.82) is 0 Å². The summed E-state index contributed by atoms with van der Waals surface area (Å²) in [6, 6.07) is 3.93. The Morgan fingerprint density at radius 3 is 2.84 bits per heavy atom. The minimum Gasteiger partial charge on any atom is -0.316 e. The standard InChI is InChI=1S/C15H23N3O/c1-4-15(6-5-7-16-10-15)14(19)18-13-9-11(2)8-12(3)17-13/h8-9,16H,4-7,10H2,1-3H3,(H,17,18,19). The van der Waals surface area contributed by atoms with Gasteiger partial charge in [-0.3, -0.25) is 4.79 Å². The number of nitrogens with zero attached hydrogens (tertiary/aromatic N) is 1. The topological polar surface area (TPSA) is 54.0 Å². The van der Waals surface area contributed by atoms with Crippen LogP contribution in [0.2, 0.25) is 0 Å². The molecule has 1 atom stereocenters. The third-order valence-electron chi connectivity index (χ3n) is 3.97. The highest BCUT2D eigenvalue weighted by atomic mass is 16.2. The molecule has 2 heterocycles. The van der Waals surface area contributed by atoms with E-state index in [-0.39, 0.29) is 11.3 Å². The van der Waals surface area contributed by atoms with E-state index in [9.17, 15) is 4.79 Å². The summed E-state index contributed by atoms with van der Waals surface area (Å²) in [5.74, 6) is 0.764. The molecule has 104 valence electrons. The summed E-state index contributed by atoms with van der Waals surface area (Å²) in [5.41, 5.74) is 1.77. The van der Waals surface area contributed by atoms with Gasteiger partial charge in [0.05, 0.1) is 5.41 Å². The van der Waals surface area contributed by atoms with Gasteiger partial charge in [-0.05, 0) is 57.4 Å². The number of hydrogen-bond donors (Lipinski definition) is 2. The molecule has 0 spiro atoms. The van der Waals surface area contributed by atoms with Gasteiger partial charge in [0, 0.05) is 12.2 Å². The molecule has 0 bridgehead atoms. The van der Waals surface area contributed by atoms with E-state index in [1.165, 1.54) is 0 Å². The van der Waals surface area contributed by atoms with Crippen LogP contribution in [0.4, 0.5) is 5.82 Å². The summed E-state index contributed by atoms with van der Waals surface area (Å²) in [6.45, 7) is 7.82. The summed E-state index contributed by atoms with van der Waals surface area (Å²) in [4.78, 5) is 16.9. The Morgan fingerprint density at radius 2 is 2.26 bits per heavy atom. The number of amides is 1. The molecule has 4 nitrogen and oxygen atoms in total. The molecule has 2 rings (SSSR count). The summed E-state index contributed by atoms with van der Waals surface area (Å²) >= 11 is 0. The lowest BCUT2D eigenvalue weighted by Crippen LogP contribution is -2.47. The second kappa shape index (κ2) is 5.70. The van der Waals surface area contributed by atoms with Gasteiger partial charge in [0.25, 0.3) is 0 Å². The molecular formula is C15H23N3O. The fraction of sp³-hybridized carbons (Fsp3) is 0.600. The van der Waals surface area contributed by atoms with Gasteiger partial charge in [-0.25, -0.2) is 4.98 Å². The molecule has 19 heavy (non-hydrogen) atoms. The second-order valence-corrected chi connectivity index (χ2v) is 5.54. The van der Waals surface area contributed by atoms with Crippen molar-refractivity contribution >= 4 is 11.7 Å². The highest BCUT2D eigenvalue weighted by molar-refractivity contribution is 5.94. The minimum absolute atomic E-state index is 0.0969. The van der Waals surface area contributed by atoms with Crippen LogP contribution in [0, 0.1) is 19.3 Å². The van der Waals surface area contributed by atoms with E-state index in [2.05, 4.69) is 22.5 Å². The maximum atomic E-state index is 12.6. The highest BCUT2D eigenvalue weighted by Crippen LogP contribution is 2.31. The molecule has 0 saturated carbocycles. The van der Waals surface area contributed by atoms with Gasteiger partial charge in [-0.2, -0.15) is 0 Å². The van der Waals surface area contributed by atoms with Crippen LogP contribution >= 0.6 is 0 Å². The van der Waals surface area contributed by atoms with Crippen LogP contribution in [-0.4, -0.2) is 24.0 Å². The normalized spacial score (nSPS) is 23.1. The molecule has 1 fully saturated rings. The molecular weight excluding hydrogens is 238 g/mol. The van der Waals surface area contributed by atoms with Crippen molar-refractivity contribution in [3.63, 3.8) is 0 Å². The molecule has 4 heteroatoms. The summed E-state index contributed by atoms with van der Waals surface area (Å²) in [6.07, 6.45) is 2.87. The first-order chi connectivity index (χ1) is 9.05. The lowest BCUT2D eigenvalue weighted by Gasteiger charge is -2.35. The number of carbonyl (C=O) groups is 1. The number of anilines is 1. The minimum atomic E-state index is -0.280. The lowest BCUT2D eigenvalue weighted by atomic mass is 9.77. The number of hydrogen-bond acceptors (Lipinski definition) is 3. The van der Waals surface area contributed by atoms with Crippen molar-refractivity contribution in [3.8, 4) is 0 Å². The Balaban J connectivity index is 2.14. The van der Waals surface area contributed by atoms with Crippen molar-refractivity contribution in [2.24, 2.45) is 5.41 Å². The molecule has 0 aromatic carbocycles. The summed E-state index contributed by atoms with van der Waals surface area (Å²) < 4.78 is 0. The average Bonchev–Trinajstić information content (AvgIpc) is 2.38. The molecule has 2 N–H and O–H groups in total. The van der Waals surface area contributed by atoms with E-state index in [1.54, 1.807) is 0 Å². The fourth-order valence-electron chi connectivity index (χ4n) is 2.78. The van der Waals surface area contributed by atoms with Crippen LogP contribution in [-0.2, 0) is 4.79 Å². The van der Waals surface area contributed by atoms with Gasteiger partial charge in [0.15, 0.2) is 0 Å². The molecule has 0 aliphatic carbocycles. The van der Waals surface area contributed by atoms with E-state index < -0.39 is 0 Å². The Bertz CT molecular complexity index is 444. The summed E-state index contributed by atoms with van der Waals surface area (Å²) in [5, 5.41) is 6.33. The quantitative estimate of drug-likeness (QED) is 0.878.